The van der Waals surface area contributed by atoms with E-state index in [1.807, 2.05) is 55.5 Å². The molecular formula is C26H22N2O3S. The van der Waals surface area contributed by atoms with E-state index in [1.54, 1.807) is 4.40 Å². The Kier molecular flexibility index (Phi) is 5.37. The topological polar surface area (TPSA) is 52.8 Å². The number of hydrogen-bond donors (Lipinski definition) is 0. The molecular weight excluding hydrogens is 420 g/mol. The molecule has 0 N–H and O–H groups in total. The van der Waals surface area contributed by atoms with E-state index in [0.717, 1.165) is 22.2 Å². The molecule has 0 aliphatic rings. The number of nitrogens with zero attached hydrogens (tertiary/aromatic N) is 2. The van der Waals surface area contributed by atoms with Crippen LogP contribution in [0.5, 0.6) is 11.5 Å². The van der Waals surface area contributed by atoms with Crippen molar-refractivity contribution in [2.24, 2.45) is 0 Å². The lowest BCUT2D eigenvalue weighted by atomic mass is 10.1. The number of ether oxygens (including phenoxy) is 2. The molecule has 0 saturated heterocycles. The molecule has 3 aromatic carbocycles. The van der Waals surface area contributed by atoms with Gasteiger partial charge in [-0.1, -0.05) is 59.4 Å². The zero-order valence-corrected chi connectivity index (χ0v) is 18.7. The molecule has 5 nitrogen and oxygen atoms in total. The van der Waals surface area contributed by atoms with Gasteiger partial charge in [0.25, 0.3) is 5.56 Å². The summed E-state index contributed by atoms with van der Waals surface area (Å²) in [7, 11) is 0. The molecule has 5 rings (SSSR count). The first-order chi connectivity index (χ1) is 15.6. The third-order valence-corrected chi connectivity index (χ3v) is 6.19. The summed E-state index contributed by atoms with van der Waals surface area (Å²) in [5.74, 6) is 1.34. The Morgan fingerprint density at radius 1 is 1.00 bits per heavy atom. The first-order valence-electron chi connectivity index (χ1n) is 10.5. The van der Waals surface area contributed by atoms with Gasteiger partial charge in [0.05, 0.1) is 22.2 Å². The Morgan fingerprint density at radius 3 is 2.62 bits per heavy atom. The molecule has 6 heteroatoms. The van der Waals surface area contributed by atoms with Crippen molar-refractivity contribution in [1.82, 2.24) is 9.38 Å². The Morgan fingerprint density at radius 2 is 1.81 bits per heavy atom. The number of rotatable bonds is 6. The SMILES string of the molecule is CCOc1cc(C=c2sc3nc4ccccc4n3c2=O)ccc1OCc1ccc(C)cc1. The fourth-order valence-electron chi connectivity index (χ4n) is 3.61. The van der Waals surface area contributed by atoms with Crippen molar-refractivity contribution in [2.75, 3.05) is 6.61 Å². The standard InChI is InChI=1S/C26H22N2O3S/c1-3-30-23-14-19(12-13-22(23)31-16-18-10-8-17(2)9-11-18)15-24-25(29)28-21-7-5-4-6-20(21)27-26(28)32-24/h4-15H,3,16H2,1-2H3. The van der Waals surface area contributed by atoms with E-state index in [0.29, 0.717) is 34.2 Å². The molecule has 2 aromatic heterocycles. The van der Waals surface area contributed by atoms with E-state index >= 15 is 0 Å². The summed E-state index contributed by atoms with van der Waals surface area (Å²) in [5, 5.41) is 0. The summed E-state index contributed by atoms with van der Waals surface area (Å²) < 4.78 is 14.1. The van der Waals surface area contributed by atoms with Crippen LogP contribution in [0.4, 0.5) is 0 Å². The molecule has 0 aliphatic heterocycles. The van der Waals surface area contributed by atoms with Gasteiger partial charge in [-0.15, -0.1) is 0 Å². The number of aryl methyl sites for hydroxylation is 1. The lowest BCUT2D eigenvalue weighted by Gasteiger charge is -2.13. The predicted octanol–water partition coefficient (Wildman–Crippen LogP) is 4.74. The average molecular weight is 443 g/mol. The highest BCUT2D eigenvalue weighted by Crippen LogP contribution is 2.29. The normalized spacial score (nSPS) is 12.0. The second-order valence-electron chi connectivity index (χ2n) is 7.55. The Balaban J connectivity index is 1.48. The number of benzene rings is 3. The molecule has 0 unspecified atom stereocenters. The number of fused-ring (bicyclic) bond motifs is 3. The van der Waals surface area contributed by atoms with Gasteiger partial charge in [-0.25, -0.2) is 9.38 Å². The summed E-state index contributed by atoms with van der Waals surface area (Å²) in [6.07, 6.45) is 1.88. The lowest BCUT2D eigenvalue weighted by Crippen LogP contribution is -2.22. The molecule has 0 bridgehead atoms. The summed E-state index contributed by atoms with van der Waals surface area (Å²) in [6.45, 7) is 4.99. The highest BCUT2D eigenvalue weighted by Gasteiger charge is 2.11. The van der Waals surface area contributed by atoms with E-state index in [9.17, 15) is 4.79 Å². The van der Waals surface area contributed by atoms with Crippen LogP contribution in [0.25, 0.3) is 22.1 Å². The predicted molar refractivity (Wildman–Crippen MR) is 129 cm³/mol. The van der Waals surface area contributed by atoms with Crippen molar-refractivity contribution in [1.29, 1.82) is 0 Å². The smallest absolute Gasteiger partial charge is 0.274 e. The van der Waals surface area contributed by atoms with Gasteiger partial charge in [-0.3, -0.25) is 4.79 Å². The maximum absolute atomic E-state index is 13.0. The van der Waals surface area contributed by atoms with Crippen molar-refractivity contribution < 1.29 is 9.47 Å². The molecule has 0 spiro atoms. The second-order valence-corrected chi connectivity index (χ2v) is 8.56. The van der Waals surface area contributed by atoms with Crippen LogP contribution in [-0.4, -0.2) is 16.0 Å². The fraction of sp³-hybridized carbons (Fsp3) is 0.154. The molecule has 0 fully saturated rings. The zero-order valence-electron chi connectivity index (χ0n) is 17.9. The largest absolute Gasteiger partial charge is 0.490 e. The van der Waals surface area contributed by atoms with Crippen molar-refractivity contribution in [2.45, 2.75) is 20.5 Å². The van der Waals surface area contributed by atoms with Crippen molar-refractivity contribution in [3.8, 4) is 11.5 Å². The minimum atomic E-state index is -0.0589. The molecule has 0 radical (unpaired) electrons. The monoisotopic (exact) mass is 442 g/mol. The minimum Gasteiger partial charge on any atom is -0.490 e. The van der Waals surface area contributed by atoms with E-state index in [1.165, 1.54) is 16.9 Å². The minimum absolute atomic E-state index is 0.0589. The molecule has 160 valence electrons. The van der Waals surface area contributed by atoms with Crippen LogP contribution >= 0.6 is 11.3 Å². The van der Waals surface area contributed by atoms with Gasteiger partial charge in [-0.2, -0.15) is 0 Å². The van der Waals surface area contributed by atoms with Gasteiger partial charge in [0.1, 0.15) is 6.61 Å². The summed E-state index contributed by atoms with van der Waals surface area (Å²) >= 11 is 1.39. The van der Waals surface area contributed by atoms with Crippen molar-refractivity contribution in [3.05, 3.63) is 98.3 Å². The van der Waals surface area contributed by atoms with Crippen LogP contribution in [0, 0.1) is 6.92 Å². The Bertz CT molecular complexity index is 1520. The van der Waals surface area contributed by atoms with Gasteiger partial charge >= 0.3 is 0 Å². The van der Waals surface area contributed by atoms with E-state index in [2.05, 4.69) is 36.2 Å². The van der Waals surface area contributed by atoms with Crippen LogP contribution < -0.4 is 19.6 Å². The number of para-hydroxylation sites is 2. The van der Waals surface area contributed by atoms with Crippen LogP contribution in [-0.2, 0) is 6.61 Å². The van der Waals surface area contributed by atoms with E-state index in [4.69, 9.17) is 9.47 Å². The van der Waals surface area contributed by atoms with Gasteiger partial charge in [0, 0.05) is 0 Å². The lowest BCUT2D eigenvalue weighted by molar-refractivity contribution is 0.269. The van der Waals surface area contributed by atoms with E-state index < -0.39 is 0 Å². The molecule has 0 aliphatic carbocycles. The van der Waals surface area contributed by atoms with Gasteiger partial charge in [-0.05, 0) is 55.3 Å². The van der Waals surface area contributed by atoms with Crippen LogP contribution in [0.2, 0.25) is 0 Å². The third kappa shape index (κ3) is 3.85. The fourth-order valence-corrected chi connectivity index (χ4v) is 4.60. The molecule has 32 heavy (non-hydrogen) atoms. The zero-order chi connectivity index (χ0) is 22.1. The summed E-state index contributed by atoms with van der Waals surface area (Å²) in [4.78, 5) is 18.3. The Labute approximate surface area is 189 Å². The number of imidazole rings is 1. The average Bonchev–Trinajstić information content (AvgIpc) is 3.31. The van der Waals surface area contributed by atoms with Gasteiger partial charge in [0.15, 0.2) is 16.5 Å². The third-order valence-electron chi connectivity index (χ3n) is 5.23. The van der Waals surface area contributed by atoms with Crippen LogP contribution in [0.1, 0.15) is 23.6 Å². The maximum Gasteiger partial charge on any atom is 0.274 e. The Hall–Kier alpha value is -3.64. The highest BCUT2D eigenvalue weighted by molar-refractivity contribution is 7.15. The number of thiazole rings is 1. The number of aromatic nitrogens is 2. The first kappa shape index (κ1) is 20.3. The van der Waals surface area contributed by atoms with Gasteiger partial charge < -0.3 is 9.47 Å². The molecule has 0 atom stereocenters. The molecule has 5 aromatic rings. The second kappa shape index (κ2) is 8.48. The van der Waals surface area contributed by atoms with Gasteiger partial charge in [0.2, 0.25) is 0 Å². The maximum atomic E-state index is 13.0. The van der Waals surface area contributed by atoms with E-state index in [-0.39, 0.29) is 5.56 Å². The highest BCUT2D eigenvalue weighted by atomic mass is 32.1. The first-order valence-corrected chi connectivity index (χ1v) is 11.3. The molecule has 0 saturated carbocycles. The summed E-state index contributed by atoms with van der Waals surface area (Å²) in [6, 6.07) is 21.7. The molecule has 2 heterocycles. The summed E-state index contributed by atoms with van der Waals surface area (Å²) in [5.41, 5.74) is 4.79. The van der Waals surface area contributed by atoms with Crippen LogP contribution in [0.3, 0.4) is 0 Å². The number of hydrogen-bond acceptors (Lipinski definition) is 5. The van der Waals surface area contributed by atoms with Crippen molar-refractivity contribution in [3.63, 3.8) is 0 Å². The quantitative estimate of drug-likeness (QED) is 0.381. The van der Waals surface area contributed by atoms with Crippen molar-refractivity contribution >= 4 is 33.4 Å². The van der Waals surface area contributed by atoms with Crippen LogP contribution in [0.15, 0.2) is 71.5 Å². The molecule has 0 amide bonds.